The molecule has 1 aromatic rings. The predicted octanol–water partition coefficient (Wildman–Crippen LogP) is 1.04. The summed E-state index contributed by atoms with van der Waals surface area (Å²) in [6.45, 7) is 9.16. The number of anilines is 2. The van der Waals surface area contributed by atoms with Crippen LogP contribution in [0.25, 0.3) is 0 Å². The lowest BCUT2D eigenvalue weighted by molar-refractivity contribution is -0.602. The molecule has 0 aromatic carbocycles. The van der Waals surface area contributed by atoms with Crippen LogP contribution in [0.3, 0.4) is 0 Å². The van der Waals surface area contributed by atoms with Gasteiger partial charge in [-0.1, -0.05) is 20.8 Å². The van der Waals surface area contributed by atoms with Gasteiger partial charge in [-0.05, 0) is 0 Å². The van der Waals surface area contributed by atoms with Crippen molar-refractivity contribution in [1.29, 1.82) is 0 Å². The van der Waals surface area contributed by atoms with Crippen LogP contribution in [0.1, 0.15) is 26.5 Å². The first-order valence-corrected chi connectivity index (χ1v) is 6.26. The Morgan fingerprint density at radius 2 is 1.89 bits per heavy atom. The molecule has 5 heteroatoms. The van der Waals surface area contributed by atoms with Crippen LogP contribution in [0.5, 0.6) is 0 Å². The summed E-state index contributed by atoms with van der Waals surface area (Å²) in [7, 11) is 0. The molecule has 1 aromatic heterocycles. The van der Waals surface area contributed by atoms with E-state index in [0.29, 0.717) is 5.69 Å². The zero-order valence-corrected chi connectivity index (χ0v) is 11.3. The Bertz CT molecular complexity index is 435. The molecular weight excluding hydrogens is 230 g/mol. The maximum absolute atomic E-state index is 12.0. The number of nitrogens with zero attached hydrogens (tertiary/aromatic N) is 2. The van der Waals surface area contributed by atoms with Gasteiger partial charge in [0.05, 0.1) is 19.3 Å². The molecule has 100 valence electrons. The van der Waals surface area contributed by atoms with Crippen LogP contribution in [-0.2, 0) is 10.2 Å². The van der Waals surface area contributed by atoms with Crippen molar-refractivity contribution >= 4 is 11.5 Å². The van der Waals surface area contributed by atoms with E-state index in [1.807, 2.05) is 26.8 Å². The Kier molecular flexibility index (Phi) is 3.34. The van der Waals surface area contributed by atoms with Crippen molar-refractivity contribution in [3.63, 3.8) is 0 Å². The Morgan fingerprint density at radius 3 is 2.44 bits per heavy atom. The smallest absolute Gasteiger partial charge is 0.277 e. The van der Waals surface area contributed by atoms with Gasteiger partial charge in [-0.25, -0.2) is 4.73 Å². The Labute approximate surface area is 108 Å². The quantitative estimate of drug-likeness (QED) is 0.598. The van der Waals surface area contributed by atoms with Crippen LogP contribution in [-0.4, -0.2) is 26.3 Å². The van der Waals surface area contributed by atoms with E-state index < -0.39 is 0 Å². The normalized spacial score (nSPS) is 16.9. The molecule has 1 aliphatic rings. The molecule has 1 saturated heterocycles. The van der Waals surface area contributed by atoms with Crippen molar-refractivity contribution in [3.8, 4) is 0 Å². The second-order valence-electron chi connectivity index (χ2n) is 5.67. The third-order valence-electron chi connectivity index (χ3n) is 3.18. The molecule has 2 heterocycles. The molecular formula is C13H21N3O2. The van der Waals surface area contributed by atoms with E-state index >= 15 is 0 Å². The molecule has 0 unspecified atom stereocenters. The summed E-state index contributed by atoms with van der Waals surface area (Å²) in [5.41, 5.74) is 7.30. The van der Waals surface area contributed by atoms with E-state index in [4.69, 9.17) is 10.5 Å². The average molecular weight is 251 g/mol. The molecule has 18 heavy (non-hydrogen) atoms. The zero-order chi connectivity index (χ0) is 13.3. The van der Waals surface area contributed by atoms with Crippen molar-refractivity contribution in [2.45, 2.75) is 26.2 Å². The third-order valence-corrected chi connectivity index (χ3v) is 3.18. The van der Waals surface area contributed by atoms with E-state index in [2.05, 4.69) is 4.90 Å². The first kappa shape index (κ1) is 13.0. The summed E-state index contributed by atoms with van der Waals surface area (Å²) >= 11 is 0. The molecule has 0 bridgehead atoms. The number of nitrogen functional groups attached to an aromatic ring is 1. The summed E-state index contributed by atoms with van der Waals surface area (Å²) in [4.78, 5) is 2.20. The number of hydrogen-bond donors (Lipinski definition) is 1. The van der Waals surface area contributed by atoms with E-state index in [-0.39, 0.29) is 11.2 Å². The number of hydrogen-bond acceptors (Lipinski definition) is 4. The summed E-state index contributed by atoms with van der Waals surface area (Å²) in [6.07, 6.45) is 0. The molecule has 0 radical (unpaired) electrons. The number of ether oxygens (including phenoxy) is 1. The third kappa shape index (κ3) is 2.51. The fourth-order valence-electron chi connectivity index (χ4n) is 2.11. The second-order valence-corrected chi connectivity index (χ2v) is 5.67. The lowest BCUT2D eigenvalue weighted by Gasteiger charge is -2.31. The van der Waals surface area contributed by atoms with Crippen LogP contribution in [0, 0.1) is 5.21 Å². The first-order chi connectivity index (χ1) is 8.39. The summed E-state index contributed by atoms with van der Waals surface area (Å²) in [5, 5.41) is 12.0. The summed E-state index contributed by atoms with van der Waals surface area (Å²) in [6, 6.07) is 3.68. The topological polar surface area (TPSA) is 65.4 Å². The standard InChI is InChI=1S/C13H21N3O2/c1-13(2,3)11-8-10(9-12(14)16(11)17)15-4-6-18-7-5-15/h8-9H,4-7,14H2,1-3H3. The van der Waals surface area contributed by atoms with Crippen LogP contribution >= 0.6 is 0 Å². The molecule has 0 atom stereocenters. The van der Waals surface area contributed by atoms with E-state index in [1.54, 1.807) is 6.07 Å². The highest BCUT2D eigenvalue weighted by Gasteiger charge is 2.23. The molecule has 0 saturated carbocycles. The van der Waals surface area contributed by atoms with Crippen molar-refractivity contribution in [2.75, 3.05) is 36.9 Å². The largest absolute Gasteiger partial charge is 0.710 e. The highest BCUT2D eigenvalue weighted by Crippen LogP contribution is 2.25. The van der Waals surface area contributed by atoms with Gasteiger partial charge >= 0.3 is 0 Å². The molecule has 2 rings (SSSR count). The first-order valence-electron chi connectivity index (χ1n) is 6.26. The van der Waals surface area contributed by atoms with Crippen LogP contribution in [0.2, 0.25) is 0 Å². The fourth-order valence-corrected chi connectivity index (χ4v) is 2.11. The number of nitrogens with two attached hydrogens (primary N) is 1. The van der Waals surface area contributed by atoms with E-state index in [1.165, 1.54) is 0 Å². The molecule has 2 N–H and O–H groups in total. The lowest BCUT2D eigenvalue weighted by Crippen LogP contribution is -2.42. The Balaban J connectivity index is 2.40. The fraction of sp³-hybridized carbons (Fsp3) is 0.615. The molecule has 0 aliphatic carbocycles. The molecule has 1 fully saturated rings. The van der Waals surface area contributed by atoms with Gasteiger partial charge in [0.1, 0.15) is 5.69 Å². The molecule has 5 nitrogen and oxygen atoms in total. The number of pyridine rings is 1. The minimum absolute atomic E-state index is 0.224. The monoisotopic (exact) mass is 251 g/mol. The maximum atomic E-state index is 12.0. The predicted molar refractivity (Wildman–Crippen MR) is 71.5 cm³/mol. The molecule has 0 spiro atoms. The number of aromatic nitrogens is 1. The van der Waals surface area contributed by atoms with Crippen molar-refractivity contribution in [3.05, 3.63) is 23.0 Å². The van der Waals surface area contributed by atoms with Crippen LogP contribution < -0.4 is 15.4 Å². The van der Waals surface area contributed by atoms with Crippen molar-refractivity contribution in [2.24, 2.45) is 0 Å². The molecule has 0 amide bonds. The lowest BCUT2D eigenvalue weighted by atomic mass is 9.91. The highest BCUT2D eigenvalue weighted by molar-refractivity contribution is 5.52. The maximum Gasteiger partial charge on any atom is 0.277 e. The zero-order valence-electron chi connectivity index (χ0n) is 11.3. The summed E-state index contributed by atoms with van der Waals surface area (Å²) in [5.74, 6) is 0.254. The van der Waals surface area contributed by atoms with Gasteiger partial charge in [0.15, 0.2) is 0 Å². The minimum atomic E-state index is -0.224. The van der Waals surface area contributed by atoms with Gasteiger partial charge < -0.3 is 14.8 Å². The van der Waals surface area contributed by atoms with Gasteiger partial charge in [-0.3, -0.25) is 5.73 Å². The minimum Gasteiger partial charge on any atom is -0.710 e. The SMILES string of the molecule is CC(C)(C)c1cc(N2CCOCC2)cc(N)[n+]1[O-]. The van der Waals surface area contributed by atoms with Gasteiger partial charge in [0, 0.05) is 30.3 Å². The Hall–Kier alpha value is -1.49. The summed E-state index contributed by atoms with van der Waals surface area (Å²) < 4.78 is 6.16. The van der Waals surface area contributed by atoms with E-state index in [9.17, 15) is 5.21 Å². The average Bonchev–Trinajstić information content (AvgIpc) is 2.32. The second kappa shape index (κ2) is 4.65. The van der Waals surface area contributed by atoms with Crippen LogP contribution in [0.15, 0.2) is 12.1 Å². The molecule has 1 aliphatic heterocycles. The highest BCUT2D eigenvalue weighted by atomic mass is 16.5. The van der Waals surface area contributed by atoms with Crippen molar-refractivity contribution < 1.29 is 9.47 Å². The van der Waals surface area contributed by atoms with Crippen molar-refractivity contribution in [1.82, 2.24) is 0 Å². The van der Waals surface area contributed by atoms with Gasteiger partial charge in [0.2, 0.25) is 0 Å². The van der Waals surface area contributed by atoms with Crippen LogP contribution in [0.4, 0.5) is 11.5 Å². The van der Waals surface area contributed by atoms with Gasteiger partial charge in [0.25, 0.3) is 5.82 Å². The number of morpholine rings is 1. The van der Waals surface area contributed by atoms with Gasteiger partial charge in [-0.2, -0.15) is 0 Å². The number of rotatable bonds is 1. The van der Waals surface area contributed by atoms with Gasteiger partial charge in [-0.15, -0.1) is 0 Å². The Morgan fingerprint density at radius 1 is 1.28 bits per heavy atom. The van der Waals surface area contributed by atoms with E-state index in [0.717, 1.165) is 36.7 Å².